The van der Waals surface area contributed by atoms with Gasteiger partial charge in [-0.1, -0.05) is 24.9 Å². The van der Waals surface area contributed by atoms with Gasteiger partial charge in [-0.25, -0.2) is 4.98 Å². The summed E-state index contributed by atoms with van der Waals surface area (Å²) in [4.78, 5) is 14.8. The van der Waals surface area contributed by atoms with Crippen LogP contribution in [0.15, 0.2) is 18.2 Å². The number of pyridine rings is 1. The second kappa shape index (κ2) is 5.40. The number of nitro benzene ring substituents is 1. The van der Waals surface area contributed by atoms with Gasteiger partial charge >= 0.3 is 0 Å². The van der Waals surface area contributed by atoms with Crippen molar-refractivity contribution in [3.63, 3.8) is 0 Å². The Balaban J connectivity index is 2.70. The first-order chi connectivity index (χ1) is 9.06. The van der Waals surface area contributed by atoms with Gasteiger partial charge in [-0.05, 0) is 18.1 Å². The van der Waals surface area contributed by atoms with Gasteiger partial charge in [0, 0.05) is 24.6 Å². The summed E-state index contributed by atoms with van der Waals surface area (Å²) in [6, 6.07) is 4.75. The van der Waals surface area contributed by atoms with Crippen LogP contribution >= 0.6 is 11.6 Å². The van der Waals surface area contributed by atoms with Crippen molar-refractivity contribution in [3.05, 3.63) is 38.9 Å². The summed E-state index contributed by atoms with van der Waals surface area (Å²) in [5.41, 5.74) is 1.60. The highest BCUT2D eigenvalue weighted by Gasteiger charge is 2.14. The van der Waals surface area contributed by atoms with E-state index in [1.165, 1.54) is 12.1 Å². The van der Waals surface area contributed by atoms with Gasteiger partial charge in [-0.15, -0.1) is 0 Å². The van der Waals surface area contributed by atoms with Crippen molar-refractivity contribution in [2.24, 2.45) is 0 Å². The SMILES string of the molecule is CCCc1cc2cc([N+](=O)[O-])cc(Cl)c2nc1NC. The monoisotopic (exact) mass is 279 g/mol. The highest BCUT2D eigenvalue weighted by atomic mass is 35.5. The molecule has 0 aliphatic carbocycles. The third-order valence-electron chi connectivity index (χ3n) is 2.90. The quantitative estimate of drug-likeness (QED) is 0.683. The zero-order valence-electron chi connectivity index (χ0n) is 10.7. The van der Waals surface area contributed by atoms with E-state index >= 15 is 0 Å². The maximum atomic E-state index is 10.8. The number of nitro groups is 1. The topological polar surface area (TPSA) is 68.1 Å². The molecule has 0 fully saturated rings. The number of non-ortho nitro benzene ring substituents is 1. The third kappa shape index (κ3) is 2.61. The number of nitrogens with one attached hydrogen (secondary N) is 1. The smallest absolute Gasteiger partial charge is 0.271 e. The molecule has 0 spiro atoms. The molecule has 0 amide bonds. The summed E-state index contributed by atoms with van der Waals surface area (Å²) in [7, 11) is 1.80. The minimum Gasteiger partial charge on any atom is -0.373 e. The molecule has 1 aromatic carbocycles. The van der Waals surface area contributed by atoms with Gasteiger partial charge in [0.2, 0.25) is 0 Å². The molecule has 0 unspecified atom stereocenters. The van der Waals surface area contributed by atoms with Crippen LogP contribution in [0.2, 0.25) is 5.02 Å². The molecule has 0 saturated carbocycles. The molecule has 0 aliphatic rings. The van der Waals surface area contributed by atoms with Crippen molar-refractivity contribution >= 4 is 34.0 Å². The fourth-order valence-electron chi connectivity index (χ4n) is 2.05. The van der Waals surface area contributed by atoms with Crippen LogP contribution in [0.1, 0.15) is 18.9 Å². The second-order valence-electron chi connectivity index (χ2n) is 4.25. The molecule has 0 saturated heterocycles. The van der Waals surface area contributed by atoms with E-state index in [1.807, 2.05) is 6.07 Å². The highest BCUT2D eigenvalue weighted by Crippen LogP contribution is 2.30. The van der Waals surface area contributed by atoms with Crippen LogP contribution in [0.25, 0.3) is 10.9 Å². The largest absolute Gasteiger partial charge is 0.373 e. The molecule has 0 bridgehead atoms. The molecular weight excluding hydrogens is 266 g/mol. The Bertz CT molecular complexity index is 643. The molecule has 2 rings (SSSR count). The molecule has 100 valence electrons. The number of benzene rings is 1. The maximum absolute atomic E-state index is 10.8. The predicted molar refractivity (Wildman–Crippen MR) is 76.9 cm³/mol. The lowest BCUT2D eigenvalue weighted by Crippen LogP contribution is -2.00. The average molecular weight is 280 g/mol. The summed E-state index contributed by atoms with van der Waals surface area (Å²) in [6.07, 6.45) is 1.84. The fourth-order valence-corrected chi connectivity index (χ4v) is 2.32. The molecule has 19 heavy (non-hydrogen) atoms. The molecule has 1 aromatic heterocycles. The number of aryl methyl sites for hydroxylation is 1. The zero-order valence-corrected chi connectivity index (χ0v) is 11.5. The Labute approximate surface area is 115 Å². The molecule has 1 N–H and O–H groups in total. The Morgan fingerprint density at radius 2 is 2.16 bits per heavy atom. The number of halogens is 1. The fraction of sp³-hybridized carbons (Fsp3) is 0.308. The zero-order chi connectivity index (χ0) is 14.0. The van der Waals surface area contributed by atoms with Gasteiger partial charge in [0.05, 0.1) is 15.5 Å². The van der Waals surface area contributed by atoms with E-state index in [0.29, 0.717) is 15.9 Å². The van der Waals surface area contributed by atoms with Crippen LogP contribution in [0.4, 0.5) is 11.5 Å². The number of rotatable bonds is 4. The Hall–Kier alpha value is -1.88. The summed E-state index contributed by atoms with van der Waals surface area (Å²) in [5.74, 6) is 0.769. The molecular formula is C13H14ClN3O2. The highest BCUT2D eigenvalue weighted by molar-refractivity contribution is 6.35. The molecule has 5 nitrogen and oxygen atoms in total. The Kier molecular flexibility index (Phi) is 3.85. The lowest BCUT2D eigenvalue weighted by Gasteiger charge is -2.10. The van der Waals surface area contributed by atoms with E-state index in [1.54, 1.807) is 7.05 Å². The van der Waals surface area contributed by atoms with Gasteiger partial charge in [0.25, 0.3) is 5.69 Å². The van der Waals surface area contributed by atoms with Crippen molar-refractivity contribution in [2.75, 3.05) is 12.4 Å². The van der Waals surface area contributed by atoms with E-state index in [4.69, 9.17) is 11.6 Å². The number of hydrogen-bond acceptors (Lipinski definition) is 4. The van der Waals surface area contributed by atoms with Crippen LogP contribution in [0.3, 0.4) is 0 Å². The molecule has 1 heterocycles. The molecule has 0 aliphatic heterocycles. The van der Waals surface area contributed by atoms with Crippen molar-refractivity contribution in [2.45, 2.75) is 19.8 Å². The number of hydrogen-bond donors (Lipinski definition) is 1. The number of anilines is 1. The number of nitrogens with zero attached hydrogens (tertiary/aromatic N) is 2. The first-order valence-corrected chi connectivity index (χ1v) is 6.40. The number of aromatic nitrogens is 1. The average Bonchev–Trinajstić information content (AvgIpc) is 2.38. The van der Waals surface area contributed by atoms with E-state index in [-0.39, 0.29) is 5.69 Å². The second-order valence-corrected chi connectivity index (χ2v) is 4.66. The maximum Gasteiger partial charge on any atom is 0.271 e. The minimum atomic E-state index is -0.448. The summed E-state index contributed by atoms with van der Waals surface area (Å²) < 4.78 is 0. The van der Waals surface area contributed by atoms with E-state index in [2.05, 4.69) is 17.2 Å². The first kappa shape index (κ1) is 13.5. The normalized spacial score (nSPS) is 10.7. The Morgan fingerprint density at radius 1 is 1.42 bits per heavy atom. The molecule has 6 heteroatoms. The van der Waals surface area contributed by atoms with Crippen LogP contribution in [-0.4, -0.2) is 17.0 Å². The molecule has 0 atom stereocenters. The molecule has 0 radical (unpaired) electrons. The van der Waals surface area contributed by atoms with Crippen LogP contribution in [0.5, 0.6) is 0 Å². The lowest BCUT2D eigenvalue weighted by atomic mass is 10.1. The van der Waals surface area contributed by atoms with Gasteiger partial charge in [-0.3, -0.25) is 10.1 Å². The van der Waals surface area contributed by atoms with Crippen molar-refractivity contribution in [3.8, 4) is 0 Å². The Morgan fingerprint density at radius 3 is 2.74 bits per heavy atom. The van der Waals surface area contributed by atoms with E-state index < -0.39 is 4.92 Å². The van der Waals surface area contributed by atoms with E-state index in [9.17, 15) is 10.1 Å². The first-order valence-electron chi connectivity index (χ1n) is 6.02. The minimum absolute atomic E-state index is 0.0149. The molecule has 2 aromatic rings. The van der Waals surface area contributed by atoms with Crippen LogP contribution in [-0.2, 0) is 6.42 Å². The van der Waals surface area contributed by atoms with Crippen LogP contribution in [0, 0.1) is 10.1 Å². The summed E-state index contributed by atoms with van der Waals surface area (Å²) in [5, 5.41) is 14.9. The lowest BCUT2D eigenvalue weighted by molar-refractivity contribution is -0.384. The van der Waals surface area contributed by atoms with Gasteiger partial charge < -0.3 is 5.32 Å². The third-order valence-corrected chi connectivity index (χ3v) is 3.19. The summed E-state index contributed by atoms with van der Waals surface area (Å²) in [6.45, 7) is 2.07. The van der Waals surface area contributed by atoms with Gasteiger partial charge in [-0.2, -0.15) is 0 Å². The standard InChI is InChI=1S/C13H14ClN3O2/c1-3-4-8-5-9-6-10(17(18)19)7-11(14)12(9)16-13(8)15-2/h5-7H,3-4H2,1-2H3,(H,15,16). The van der Waals surface area contributed by atoms with E-state index in [0.717, 1.165) is 24.2 Å². The van der Waals surface area contributed by atoms with Gasteiger partial charge in [0.1, 0.15) is 5.82 Å². The van der Waals surface area contributed by atoms with Crippen molar-refractivity contribution in [1.82, 2.24) is 4.98 Å². The number of fused-ring (bicyclic) bond motifs is 1. The van der Waals surface area contributed by atoms with Gasteiger partial charge in [0.15, 0.2) is 0 Å². The van der Waals surface area contributed by atoms with Crippen LogP contribution < -0.4 is 5.32 Å². The van der Waals surface area contributed by atoms with Crippen molar-refractivity contribution in [1.29, 1.82) is 0 Å². The summed E-state index contributed by atoms with van der Waals surface area (Å²) >= 11 is 6.07. The predicted octanol–water partition coefficient (Wildman–Crippen LogP) is 3.79. The van der Waals surface area contributed by atoms with Crippen molar-refractivity contribution < 1.29 is 4.92 Å².